The van der Waals surface area contributed by atoms with Crippen LogP contribution in [0.15, 0.2) is 42.5 Å². The summed E-state index contributed by atoms with van der Waals surface area (Å²) in [6, 6.07) is 14.3. The average Bonchev–Trinajstić information content (AvgIpc) is 3.02. The molecule has 2 aromatic rings. The van der Waals surface area contributed by atoms with Gasteiger partial charge in [0.1, 0.15) is 11.5 Å². The van der Waals surface area contributed by atoms with Gasteiger partial charge < -0.3 is 19.9 Å². The van der Waals surface area contributed by atoms with Crippen LogP contribution in [0.2, 0.25) is 0 Å². The maximum absolute atomic E-state index is 10.5. The Balaban J connectivity index is 1.67. The number of rotatable bonds is 6. The number of aliphatic hydroxyl groups excluding tert-OH is 1. The van der Waals surface area contributed by atoms with Gasteiger partial charge in [-0.15, -0.1) is 0 Å². The zero-order valence-electron chi connectivity index (χ0n) is 13.6. The van der Waals surface area contributed by atoms with Gasteiger partial charge in [-0.2, -0.15) is 0 Å². The van der Waals surface area contributed by atoms with Gasteiger partial charge in [-0.3, -0.25) is 0 Å². The molecule has 4 heteroatoms. The summed E-state index contributed by atoms with van der Waals surface area (Å²) in [6.07, 6.45) is 1.57. The summed E-state index contributed by atoms with van der Waals surface area (Å²) in [7, 11) is 3.22. The van der Waals surface area contributed by atoms with Crippen LogP contribution in [0, 0.1) is 0 Å². The number of nitrogens with one attached hydrogen (secondary N) is 1. The minimum atomic E-state index is -0.605. The van der Waals surface area contributed by atoms with Crippen molar-refractivity contribution in [2.45, 2.75) is 25.0 Å². The summed E-state index contributed by atoms with van der Waals surface area (Å²) in [5.74, 6) is 1.37. The predicted molar refractivity (Wildman–Crippen MR) is 90.0 cm³/mol. The number of methoxy groups -OCH3 is 2. The van der Waals surface area contributed by atoms with E-state index in [0.717, 1.165) is 18.4 Å². The second-order valence-corrected chi connectivity index (χ2v) is 5.86. The molecule has 0 spiro atoms. The van der Waals surface area contributed by atoms with Crippen LogP contribution in [-0.4, -0.2) is 25.9 Å². The first-order chi connectivity index (χ1) is 11.2. The molecule has 23 heavy (non-hydrogen) atoms. The maximum Gasteiger partial charge on any atom is 0.122 e. The third-order valence-electron chi connectivity index (χ3n) is 4.45. The highest BCUT2D eigenvalue weighted by atomic mass is 16.5. The summed E-state index contributed by atoms with van der Waals surface area (Å²) in [4.78, 5) is 0. The normalized spacial score (nSPS) is 17.6. The molecule has 0 fully saturated rings. The second-order valence-electron chi connectivity index (χ2n) is 5.86. The lowest BCUT2D eigenvalue weighted by Crippen LogP contribution is -2.25. The van der Waals surface area contributed by atoms with Crippen molar-refractivity contribution in [2.75, 3.05) is 20.8 Å². The Kier molecular flexibility index (Phi) is 4.84. The largest absolute Gasteiger partial charge is 0.497 e. The number of ether oxygens (including phenoxy) is 2. The number of fused-ring (bicyclic) bond motifs is 1. The van der Waals surface area contributed by atoms with Gasteiger partial charge in [-0.25, -0.2) is 0 Å². The Hall–Kier alpha value is -2.04. The van der Waals surface area contributed by atoms with E-state index >= 15 is 0 Å². The number of hydrogen-bond acceptors (Lipinski definition) is 4. The van der Waals surface area contributed by atoms with Crippen LogP contribution in [0.1, 0.15) is 35.3 Å². The highest BCUT2D eigenvalue weighted by molar-refractivity contribution is 5.39. The monoisotopic (exact) mass is 313 g/mol. The lowest BCUT2D eigenvalue weighted by atomic mass is 10.1. The Morgan fingerprint density at radius 3 is 2.52 bits per heavy atom. The molecule has 0 unspecified atom stereocenters. The van der Waals surface area contributed by atoms with E-state index in [9.17, 15) is 5.11 Å². The van der Waals surface area contributed by atoms with Crippen LogP contribution < -0.4 is 14.8 Å². The molecule has 0 radical (unpaired) electrons. The van der Waals surface area contributed by atoms with Gasteiger partial charge in [0.05, 0.1) is 20.3 Å². The topological polar surface area (TPSA) is 50.7 Å². The molecule has 0 aliphatic heterocycles. The predicted octanol–water partition coefficient (Wildman–Crippen LogP) is 3.01. The molecule has 2 N–H and O–H groups in total. The van der Waals surface area contributed by atoms with Crippen molar-refractivity contribution in [1.82, 2.24) is 5.32 Å². The molecule has 3 rings (SSSR count). The summed E-state index contributed by atoms with van der Waals surface area (Å²) < 4.78 is 10.5. The molecule has 4 nitrogen and oxygen atoms in total. The molecule has 0 saturated carbocycles. The second kappa shape index (κ2) is 7.02. The van der Waals surface area contributed by atoms with Gasteiger partial charge >= 0.3 is 0 Å². The quantitative estimate of drug-likeness (QED) is 0.861. The van der Waals surface area contributed by atoms with Crippen LogP contribution in [0.4, 0.5) is 0 Å². The van der Waals surface area contributed by atoms with E-state index in [1.165, 1.54) is 11.1 Å². The molecular weight excluding hydrogens is 290 g/mol. The molecule has 122 valence electrons. The minimum absolute atomic E-state index is 0.313. The molecule has 0 saturated heterocycles. The molecule has 0 amide bonds. The fraction of sp³-hybridized carbons (Fsp3) is 0.368. The first kappa shape index (κ1) is 15.8. The number of benzene rings is 2. The number of hydrogen-bond donors (Lipinski definition) is 2. The summed E-state index contributed by atoms with van der Waals surface area (Å²) in [5.41, 5.74) is 3.55. The molecular formula is C19H23NO3. The third kappa shape index (κ3) is 3.49. The first-order valence-corrected chi connectivity index (χ1v) is 7.93. The average molecular weight is 313 g/mol. The van der Waals surface area contributed by atoms with E-state index < -0.39 is 6.10 Å². The van der Waals surface area contributed by atoms with E-state index in [1.807, 2.05) is 12.1 Å². The lowest BCUT2D eigenvalue weighted by Gasteiger charge is -2.18. The summed E-state index contributed by atoms with van der Waals surface area (Å²) in [5, 5.41) is 14.0. The molecule has 2 aromatic carbocycles. The van der Waals surface area contributed by atoms with Crippen molar-refractivity contribution in [1.29, 1.82) is 0 Å². The first-order valence-electron chi connectivity index (χ1n) is 7.93. The van der Waals surface area contributed by atoms with Crippen molar-refractivity contribution in [2.24, 2.45) is 0 Å². The Labute approximate surface area is 137 Å². The van der Waals surface area contributed by atoms with Gasteiger partial charge in [-0.05, 0) is 41.7 Å². The molecule has 2 atom stereocenters. The molecule has 1 aliphatic carbocycles. The van der Waals surface area contributed by atoms with Crippen LogP contribution >= 0.6 is 0 Å². The van der Waals surface area contributed by atoms with Crippen molar-refractivity contribution in [3.63, 3.8) is 0 Å². The highest BCUT2D eigenvalue weighted by Gasteiger charge is 2.22. The van der Waals surface area contributed by atoms with Gasteiger partial charge in [0.15, 0.2) is 0 Å². The van der Waals surface area contributed by atoms with E-state index in [4.69, 9.17) is 9.47 Å². The van der Waals surface area contributed by atoms with Gasteiger partial charge in [0.2, 0.25) is 0 Å². The zero-order chi connectivity index (χ0) is 16.2. The van der Waals surface area contributed by atoms with E-state index in [1.54, 1.807) is 20.3 Å². The molecule has 0 heterocycles. The standard InChI is InChI=1S/C19H23NO3/c1-22-15-9-14(10-16(11-15)23-2)19(21)12-20-18-8-7-13-5-3-4-6-17(13)18/h3-6,9-11,18-21H,7-8,12H2,1-2H3/t18-,19+/m0/s1. The minimum Gasteiger partial charge on any atom is -0.497 e. The van der Waals surface area contributed by atoms with Crippen molar-refractivity contribution in [3.05, 3.63) is 59.2 Å². The molecule has 0 bridgehead atoms. The highest BCUT2D eigenvalue weighted by Crippen LogP contribution is 2.31. The van der Waals surface area contributed by atoms with E-state index in [-0.39, 0.29) is 0 Å². The smallest absolute Gasteiger partial charge is 0.122 e. The van der Waals surface area contributed by atoms with Crippen molar-refractivity contribution in [3.8, 4) is 11.5 Å². The fourth-order valence-electron chi connectivity index (χ4n) is 3.16. The van der Waals surface area contributed by atoms with Crippen molar-refractivity contribution >= 4 is 0 Å². The number of aryl methyl sites for hydroxylation is 1. The Morgan fingerprint density at radius 2 is 1.83 bits per heavy atom. The van der Waals surface area contributed by atoms with Crippen LogP contribution in [0.25, 0.3) is 0 Å². The molecule has 0 aromatic heterocycles. The van der Waals surface area contributed by atoms with Crippen LogP contribution in [-0.2, 0) is 6.42 Å². The van der Waals surface area contributed by atoms with Crippen LogP contribution in [0.3, 0.4) is 0 Å². The Morgan fingerprint density at radius 1 is 1.13 bits per heavy atom. The van der Waals surface area contributed by atoms with Gasteiger partial charge in [0.25, 0.3) is 0 Å². The molecule has 1 aliphatic rings. The van der Waals surface area contributed by atoms with E-state index in [0.29, 0.717) is 24.1 Å². The summed E-state index contributed by atoms with van der Waals surface area (Å²) in [6.45, 7) is 0.495. The summed E-state index contributed by atoms with van der Waals surface area (Å²) >= 11 is 0. The lowest BCUT2D eigenvalue weighted by molar-refractivity contribution is 0.169. The number of aliphatic hydroxyl groups is 1. The van der Waals surface area contributed by atoms with Gasteiger partial charge in [-0.1, -0.05) is 24.3 Å². The third-order valence-corrected chi connectivity index (χ3v) is 4.45. The fourth-order valence-corrected chi connectivity index (χ4v) is 3.16. The Bertz CT molecular complexity index is 649. The maximum atomic E-state index is 10.5. The van der Waals surface area contributed by atoms with E-state index in [2.05, 4.69) is 29.6 Å². The van der Waals surface area contributed by atoms with Crippen molar-refractivity contribution < 1.29 is 14.6 Å². The SMILES string of the molecule is COc1cc(OC)cc([C@H](O)CN[C@H]2CCc3ccccc32)c1. The zero-order valence-corrected chi connectivity index (χ0v) is 13.6. The van der Waals surface area contributed by atoms with Crippen LogP contribution in [0.5, 0.6) is 11.5 Å². The van der Waals surface area contributed by atoms with Gasteiger partial charge in [0, 0.05) is 18.7 Å².